The summed E-state index contributed by atoms with van der Waals surface area (Å²) in [7, 11) is 0. The predicted octanol–water partition coefficient (Wildman–Crippen LogP) is 13.6. The second-order valence-electron chi connectivity index (χ2n) is 15.5. The van der Waals surface area contributed by atoms with Gasteiger partial charge in [-0.15, -0.1) is 0 Å². The maximum absolute atomic E-state index is 2.56. The maximum Gasteiger partial charge on any atom is 0.0676 e. The molecule has 1 atom stereocenters. The Morgan fingerprint density at radius 3 is 1.86 bits per heavy atom. The van der Waals surface area contributed by atoms with E-state index in [2.05, 4.69) is 229 Å². The summed E-state index contributed by atoms with van der Waals surface area (Å²) in [5.74, 6) is 0. The van der Waals surface area contributed by atoms with Crippen molar-refractivity contribution in [3.8, 4) is 5.69 Å². The molecule has 11 rings (SSSR count). The molecule has 1 heterocycles. The molecule has 0 radical (unpaired) electrons. The quantitative estimate of drug-likeness (QED) is 0.166. The number of para-hydroxylation sites is 2. The predicted molar refractivity (Wildman–Crippen MR) is 234 cm³/mol. The summed E-state index contributed by atoms with van der Waals surface area (Å²) in [5, 5.41) is 4.95. The molecule has 1 aromatic heterocycles. The number of fused-ring (bicyclic) bond motifs is 7. The molecule has 2 aliphatic carbocycles. The van der Waals surface area contributed by atoms with E-state index in [1.165, 1.54) is 71.8 Å². The van der Waals surface area contributed by atoms with Crippen molar-refractivity contribution in [2.24, 2.45) is 0 Å². The van der Waals surface area contributed by atoms with Crippen molar-refractivity contribution in [2.75, 3.05) is 4.90 Å². The minimum Gasteiger partial charge on any atom is -0.313 e. The van der Waals surface area contributed by atoms with Gasteiger partial charge in [-0.2, -0.15) is 0 Å². The Morgan fingerprint density at radius 2 is 1.11 bits per heavy atom. The second kappa shape index (κ2) is 12.6. The Bertz CT molecular complexity index is 2970. The van der Waals surface area contributed by atoms with Gasteiger partial charge in [-0.25, -0.2) is 0 Å². The van der Waals surface area contributed by atoms with Crippen molar-refractivity contribution in [3.63, 3.8) is 0 Å². The molecule has 0 spiro atoms. The van der Waals surface area contributed by atoms with Crippen molar-refractivity contribution in [1.29, 1.82) is 0 Å². The number of hydrogen-bond acceptors (Lipinski definition) is 1. The molecule has 1 unspecified atom stereocenters. The van der Waals surface area contributed by atoms with Crippen LogP contribution in [0.5, 0.6) is 0 Å². The standard InChI is InChI=1S/C54H40N2/c1-53-37-44(34-35-51(53)54(40-20-5-2-6-21-40,41-22-7-3-8-23-41)47-28-15-14-27-46(47)53)55(43-33-32-38-18-11-12-19-39(38)36-43)49-30-17-31-50-52(49)45-26-13-16-29-48(45)56(50)42-24-9-4-10-25-42/h2-36H,37H2,1H3. The van der Waals surface area contributed by atoms with Gasteiger partial charge in [0, 0.05) is 39.7 Å². The third kappa shape index (κ3) is 4.63. The Balaban J connectivity index is 1.20. The average Bonchev–Trinajstić information content (AvgIpc) is 3.73. The van der Waals surface area contributed by atoms with Crippen molar-refractivity contribution >= 4 is 44.0 Å². The fraction of sp³-hybridized carbons (Fsp3) is 0.0741. The normalized spacial score (nSPS) is 17.0. The van der Waals surface area contributed by atoms with Gasteiger partial charge in [0.1, 0.15) is 0 Å². The average molecular weight is 717 g/mol. The number of allylic oxidation sites excluding steroid dienone is 4. The lowest BCUT2D eigenvalue weighted by molar-refractivity contribution is 0.523. The number of nitrogens with zero attached hydrogens (tertiary/aromatic N) is 2. The third-order valence-corrected chi connectivity index (χ3v) is 12.5. The molecule has 0 aliphatic heterocycles. The lowest BCUT2D eigenvalue weighted by Crippen LogP contribution is -2.36. The molecule has 9 aromatic rings. The molecule has 56 heavy (non-hydrogen) atoms. The van der Waals surface area contributed by atoms with Crippen molar-refractivity contribution in [3.05, 3.63) is 246 Å². The van der Waals surface area contributed by atoms with Gasteiger partial charge in [0.05, 0.1) is 22.1 Å². The van der Waals surface area contributed by atoms with E-state index in [0.29, 0.717) is 0 Å². The van der Waals surface area contributed by atoms with Crippen LogP contribution in [0.3, 0.4) is 0 Å². The zero-order valence-electron chi connectivity index (χ0n) is 31.3. The van der Waals surface area contributed by atoms with Crippen molar-refractivity contribution in [1.82, 2.24) is 4.57 Å². The second-order valence-corrected chi connectivity index (χ2v) is 15.5. The number of hydrogen-bond donors (Lipinski definition) is 0. The van der Waals surface area contributed by atoms with Gasteiger partial charge in [-0.05, 0) is 87.1 Å². The molecule has 0 fully saturated rings. The summed E-state index contributed by atoms with van der Waals surface area (Å²) in [6.45, 7) is 2.48. The van der Waals surface area contributed by atoms with E-state index in [4.69, 9.17) is 0 Å². The lowest BCUT2D eigenvalue weighted by Gasteiger charge is -2.42. The fourth-order valence-corrected chi connectivity index (χ4v) is 10.2. The zero-order chi connectivity index (χ0) is 37.3. The van der Waals surface area contributed by atoms with E-state index >= 15 is 0 Å². The first-order chi connectivity index (χ1) is 27.7. The summed E-state index contributed by atoms with van der Waals surface area (Å²) in [6, 6.07) is 73.6. The third-order valence-electron chi connectivity index (χ3n) is 12.5. The van der Waals surface area contributed by atoms with Crippen molar-refractivity contribution < 1.29 is 0 Å². The van der Waals surface area contributed by atoms with Crippen molar-refractivity contribution in [2.45, 2.75) is 24.2 Å². The Hall–Kier alpha value is -6.90. The topological polar surface area (TPSA) is 8.17 Å². The highest BCUT2D eigenvalue weighted by Crippen LogP contribution is 2.63. The van der Waals surface area contributed by atoms with Crippen LogP contribution in [-0.2, 0) is 10.8 Å². The molecular weight excluding hydrogens is 677 g/mol. The van der Waals surface area contributed by atoms with E-state index in [0.717, 1.165) is 17.8 Å². The van der Waals surface area contributed by atoms with E-state index in [1.807, 2.05) is 0 Å². The Labute approximate surface area is 327 Å². The Morgan fingerprint density at radius 1 is 0.500 bits per heavy atom. The van der Waals surface area contributed by atoms with Gasteiger partial charge < -0.3 is 9.47 Å². The molecule has 0 N–H and O–H groups in total. The number of anilines is 2. The van der Waals surface area contributed by atoms with Crippen LogP contribution >= 0.6 is 0 Å². The highest BCUT2D eigenvalue weighted by atomic mass is 15.2. The van der Waals surface area contributed by atoms with Gasteiger partial charge in [-0.3, -0.25) is 0 Å². The molecule has 0 saturated carbocycles. The summed E-state index contributed by atoms with van der Waals surface area (Å²) in [5.41, 5.74) is 13.2. The van der Waals surface area contributed by atoms with Gasteiger partial charge in [0.15, 0.2) is 0 Å². The molecule has 266 valence electrons. The molecule has 0 amide bonds. The molecule has 0 bridgehead atoms. The van der Waals surface area contributed by atoms with Crippen LogP contribution in [0.15, 0.2) is 224 Å². The largest absolute Gasteiger partial charge is 0.313 e. The number of aromatic nitrogens is 1. The molecule has 2 nitrogen and oxygen atoms in total. The molecule has 0 saturated heterocycles. The first-order valence-corrected chi connectivity index (χ1v) is 19.7. The Kier molecular flexibility index (Phi) is 7.31. The van der Waals surface area contributed by atoms with E-state index < -0.39 is 5.41 Å². The lowest BCUT2D eigenvalue weighted by atomic mass is 9.62. The summed E-state index contributed by atoms with van der Waals surface area (Å²) in [6.07, 6.45) is 5.73. The highest BCUT2D eigenvalue weighted by Gasteiger charge is 2.56. The van der Waals surface area contributed by atoms with Crippen LogP contribution in [0.1, 0.15) is 35.6 Å². The smallest absolute Gasteiger partial charge is 0.0676 e. The van der Waals surface area contributed by atoms with Crippen LogP contribution in [-0.4, -0.2) is 4.57 Å². The van der Waals surface area contributed by atoms with Crippen LogP contribution in [0.25, 0.3) is 38.3 Å². The monoisotopic (exact) mass is 716 g/mol. The van der Waals surface area contributed by atoms with Crippen LogP contribution in [0.2, 0.25) is 0 Å². The molecular formula is C54H40N2. The minimum atomic E-state index is -0.424. The summed E-state index contributed by atoms with van der Waals surface area (Å²) >= 11 is 0. The number of rotatable bonds is 6. The van der Waals surface area contributed by atoms with Crippen LogP contribution < -0.4 is 4.90 Å². The fourth-order valence-electron chi connectivity index (χ4n) is 10.2. The zero-order valence-corrected chi connectivity index (χ0v) is 31.3. The van der Waals surface area contributed by atoms with Gasteiger partial charge >= 0.3 is 0 Å². The van der Waals surface area contributed by atoms with Crippen LogP contribution in [0, 0.1) is 0 Å². The van der Waals surface area contributed by atoms with E-state index in [1.54, 1.807) is 0 Å². The maximum atomic E-state index is 2.56. The molecule has 8 aromatic carbocycles. The highest BCUT2D eigenvalue weighted by molar-refractivity contribution is 6.16. The molecule has 2 heteroatoms. The van der Waals surface area contributed by atoms with Gasteiger partial charge in [0.25, 0.3) is 0 Å². The van der Waals surface area contributed by atoms with Crippen LogP contribution in [0.4, 0.5) is 11.4 Å². The van der Waals surface area contributed by atoms with Gasteiger partial charge in [-0.1, -0.05) is 171 Å². The minimum absolute atomic E-state index is 0.284. The first-order valence-electron chi connectivity index (χ1n) is 19.7. The van der Waals surface area contributed by atoms with E-state index in [-0.39, 0.29) is 5.41 Å². The summed E-state index contributed by atoms with van der Waals surface area (Å²) in [4.78, 5) is 2.56. The summed E-state index contributed by atoms with van der Waals surface area (Å²) < 4.78 is 2.42. The molecule has 2 aliphatic rings. The first kappa shape index (κ1) is 32.5. The van der Waals surface area contributed by atoms with E-state index in [9.17, 15) is 0 Å². The number of benzene rings is 8. The van der Waals surface area contributed by atoms with Gasteiger partial charge in [0.2, 0.25) is 0 Å². The SMILES string of the molecule is CC12CC(N(c3ccc4ccccc4c3)c3cccc4c3c3ccccc3n4-c3ccccc3)=CC=C1C(c1ccccc1)(c1ccccc1)c1ccccc12.